The van der Waals surface area contributed by atoms with Crippen LogP contribution in [-0.4, -0.2) is 57.9 Å². The Bertz CT molecular complexity index is 482. The summed E-state index contributed by atoms with van der Waals surface area (Å²) in [5.41, 5.74) is 6.18. The predicted molar refractivity (Wildman–Crippen MR) is 71.6 cm³/mol. The van der Waals surface area contributed by atoms with Gasteiger partial charge in [-0.1, -0.05) is 5.21 Å². The average Bonchev–Trinajstić information content (AvgIpc) is 3.09. The summed E-state index contributed by atoms with van der Waals surface area (Å²) in [6, 6.07) is 0.306. The van der Waals surface area contributed by atoms with Crippen LogP contribution < -0.4 is 11.1 Å². The van der Waals surface area contributed by atoms with Crippen LogP contribution >= 0.6 is 0 Å². The van der Waals surface area contributed by atoms with Crippen LogP contribution in [0.1, 0.15) is 18.5 Å². The lowest BCUT2D eigenvalue weighted by molar-refractivity contribution is -0.135. The molecular formula is C12H20N6O2. The van der Waals surface area contributed by atoms with E-state index in [0.29, 0.717) is 19.0 Å². The van der Waals surface area contributed by atoms with E-state index >= 15 is 0 Å². The fourth-order valence-corrected chi connectivity index (χ4v) is 1.74. The Morgan fingerprint density at radius 1 is 1.55 bits per heavy atom. The fourth-order valence-electron chi connectivity index (χ4n) is 1.74. The molecule has 8 heteroatoms. The van der Waals surface area contributed by atoms with Crippen molar-refractivity contribution in [3.63, 3.8) is 0 Å². The molecule has 2 amide bonds. The molecule has 0 aliphatic heterocycles. The smallest absolute Gasteiger partial charge is 0.244 e. The minimum absolute atomic E-state index is 0.0691. The van der Waals surface area contributed by atoms with E-state index < -0.39 is 0 Å². The highest BCUT2D eigenvalue weighted by atomic mass is 16.2. The monoisotopic (exact) mass is 280 g/mol. The van der Waals surface area contributed by atoms with Crippen LogP contribution in [0.2, 0.25) is 0 Å². The average molecular weight is 280 g/mol. The third-order valence-electron chi connectivity index (χ3n) is 3.03. The molecular weight excluding hydrogens is 260 g/mol. The number of nitrogens with two attached hydrogens (primary N) is 1. The Morgan fingerprint density at radius 2 is 2.30 bits per heavy atom. The van der Waals surface area contributed by atoms with Crippen LogP contribution in [0.5, 0.6) is 0 Å². The topological polar surface area (TPSA) is 106 Å². The number of aromatic nitrogens is 3. The van der Waals surface area contributed by atoms with Crippen molar-refractivity contribution in [1.82, 2.24) is 25.2 Å². The quantitative estimate of drug-likeness (QED) is 0.633. The summed E-state index contributed by atoms with van der Waals surface area (Å²) in [5.74, 6) is -0.300. The molecule has 2 rings (SSSR count). The minimum Gasteiger partial charge on any atom is -0.352 e. The second kappa shape index (κ2) is 6.47. The molecule has 0 aromatic carbocycles. The lowest BCUT2D eigenvalue weighted by atomic mass is 10.3. The minimum atomic E-state index is -0.180. The third-order valence-corrected chi connectivity index (χ3v) is 3.03. The number of nitrogens with one attached hydrogen (secondary N) is 1. The molecule has 0 saturated heterocycles. The molecule has 20 heavy (non-hydrogen) atoms. The van der Waals surface area contributed by atoms with Crippen LogP contribution in [0, 0.1) is 0 Å². The van der Waals surface area contributed by atoms with Gasteiger partial charge in [0, 0.05) is 25.7 Å². The van der Waals surface area contributed by atoms with Gasteiger partial charge in [0.2, 0.25) is 11.8 Å². The van der Waals surface area contributed by atoms with E-state index in [1.54, 1.807) is 13.2 Å². The molecule has 3 N–H and O–H groups in total. The number of rotatable bonds is 7. The van der Waals surface area contributed by atoms with Gasteiger partial charge in [0.05, 0.1) is 12.2 Å². The van der Waals surface area contributed by atoms with Crippen molar-refractivity contribution >= 4 is 11.8 Å². The number of carbonyl (C=O) groups excluding carboxylic acids is 2. The normalized spacial score (nSPS) is 14.1. The van der Waals surface area contributed by atoms with E-state index in [-0.39, 0.29) is 24.9 Å². The van der Waals surface area contributed by atoms with E-state index in [0.717, 1.165) is 18.5 Å². The number of likely N-dealkylation sites (N-methyl/N-ethyl adjacent to an activating group) is 1. The molecule has 1 fully saturated rings. The molecule has 1 aromatic rings. The molecule has 1 aliphatic rings. The van der Waals surface area contributed by atoms with Crippen molar-refractivity contribution in [3.8, 4) is 0 Å². The molecule has 8 nitrogen and oxygen atoms in total. The Hall–Kier alpha value is -1.96. The number of carbonyl (C=O) groups is 2. The van der Waals surface area contributed by atoms with Crippen LogP contribution in [0.4, 0.5) is 0 Å². The zero-order chi connectivity index (χ0) is 14.5. The summed E-state index contributed by atoms with van der Waals surface area (Å²) >= 11 is 0. The Kier molecular flexibility index (Phi) is 4.67. The lowest BCUT2D eigenvalue weighted by Crippen LogP contribution is -2.40. The largest absolute Gasteiger partial charge is 0.352 e. The number of hydrogen-bond acceptors (Lipinski definition) is 5. The highest BCUT2D eigenvalue weighted by molar-refractivity contribution is 5.84. The molecule has 1 saturated carbocycles. The van der Waals surface area contributed by atoms with Gasteiger partial charge >= 0.3 is 0 Å². The zero-order valence-electron chi connectivity index (χ0n) is 11.6. The Balaban J connectivity index is 1.78. The van der Waals surface area contributed by atoms with Gasteiger partial charge in [-0.15, -0.1) is 5.10 Å². The first kappa shape index (κ1) is 14.4. The first-order valence-electron chi connectivity index (χ1n) is 6.71. The van der Waals surface area contributed by atoms with E-state index in [2.05, 4.69) is 15.6 Å². The van der Waals surface area contributed by atoms with E-state index in [4.69, 9.17) is 5.73 Å². The molecule has 110 valence electrons. The van der Waals surface area contributed by atoms with Gasteiger partial charge in [0.1, 0.15) is 6.54 Å². The summed E-state index contributed by atoms with van der Waals surface area (Å²) in [6.07, 6.45) is 4.40. The summed E-state index contributed by atoms with van der Waals surface area (Å²) < 4.78 is 1.46. The lowest BCUT2D eigenvalue weighted by Gasteiger charge is -2.16. The van der Waals surface area contributed by atoms with Crippen molar-refractivity contribution < 1.29 is 9.59 Å². The number of nitrogens with zero attached hydrogens (tertiary/aromatic N) is 4. The van der Waals surface area contributed by atoms with Gasteiger partial charge in [-0.25, -0.2) is 4.68 Å². The van der Waals surface area contributed by atoms with Crippen molar-refractivity contribution in [2.24, 2.45) is 5.73 Å². The summed E-state index contributed by atoms with van der Waals surface area (Å²) in [5, 5.41) is 10.6. The first-order valence-corrected chi connectivity index (χ1v) is 6.71. The number of hydrogen-bond donors (Lipinski definition) is 2. The summed E-state index contributed by atoms with van der Waals surface area (Å²) in [7, 11) is 1.60. The first-order chi connectivity index (χ1) is 9.58. The molecule has 0 atom stereocenters. The van der Waals surface area contributed by atoms with Crippen LogP contribution in [0.25, 0.3) is 0 Å². The van der Waals surface area contributed by atoms with Gasteiger partial charge in [-0.3, -0.25) is 9.59 Å². The molecule has 0 radical (unpaired) electrons. The van der Waals surface area contributed by atoms with Crippen molar-refractivity contribution in [2.45, 2.75) is 31.8 Å². The highest BCUT2D eigenvalue weighted by Crippen LogP contribution is 2.18. The second-order valence-corrected chi connectivity index (χ2v) is 5.04. The maximum Gasteiger partial charge on any atom is 0.244 e. The third kappa shape index (κ3) is 4.30. The molecule has 0 spiro atoms. The van der Waals surface area contributed by atoms with Crippen LogP contribution in [0.3, 0.4) is 0 Å². The van der Waals surface area contributed by atoms with Gasteiger partial charge in [-0.05, 0) is 19.4 Å². The van der Waals surface area contributed by atoms with Crippen molar-refractivity contribution in [2.75, 3.05) is 20.1 Å². The molecule has 1 heterocycles. The second-order valence-electron chi connectivity index (χ2n) is 5.04. The maximum absolute atomic E-state index is 11.9. The maximum atomic E-state index is 11.9. The Labute approximate surface area is 117 Å². The standard InChI is InChI=1S/C12H20N6O2/c1-17(7-11(19)14-9-2-3-9)12(20)8-18-6-10(4-5-13)15-16-18/h6,9H,2-5,7-8,13H2,1H3,(H,14,19). The van der Waals surface area contributed by atoms with Crippen molar-refractivity contribution in [1.29, 1.82) is 0 Å². The number of amides is 2. The van der Waals surface area contributed by atoms with Gasteiger partial charge in [0.25, 0.3) is 0 Å². The molecule has 0 bridgehead atoms. The Morgan fingerprint density at radius 3 is 2.95 bits per heavy atom. The highest BCUT2D eigenvalue weighted by Gasteiger charge is 2.24. The van der Waals surface area contributed by atoms with Gasteiger partial charge < -0.3 is 16.0 Å². The van der Waals surface area contributed by atoms with E-state index in [1.165, 1.54) is 9.58 Å². The zero-order valence-corrected chi connectivity index (χ0v) is 11.6. The van der Waals surface area contributed by atoms with Crippen LogP contribution in [0.15, 0.2) is 6.20 Å². The van der Waals surface area contributed by atoms with E-state index in [1.807, 2.05) is 0 Å². The van der Waals surface area contributed by atoms with Gasteiger partial charge in [0.15, 0.2) is 0 Å². The van der Waals surface area contributed by atoms with E-state index in [9.17, 15) is 9.59 Å². The van der Waals surface area contributed by atoms with Crippen LogP contribution in [-0.2, 0) is 22.6 Å². The van der Waals surface area contributed by atoms with Crippen molar-refractivity contribution in [3.05, 3.63) is 11.9 Å². The predicted octanol–water partition coefficient (Wildman–Crippen LogP) is -1.48. The van der Waals surface area contributed by atoms with Gasteiger partial charge in [-0.2, -0.15) is 0 Å². The summed E-state index contributed by atoms with van der Waals surface area (Å²) in [6.45, 7) is 0.637. The molecule has 0 unspecified atom stereocenters. The fraction of sp³-hybridized carbons (Fsp3) is 0.667. The SMILES string of the molecule is CN(CC(=O)NC1CC1)C(=O)Cn1cc(CCN)nn1. The molecule has 1 aromatic heterocycles. The molecule has 1 aliphatic carbocycles. The summed E-state index contributed by atoms with van der Waals surface area (Å²) in [4.78, 5) is 24.9.